The van der Waals surface area contributed by atoms with Crippen LogP contribution >= 0.6 is 0 Å². The van der Waals surface area contributed by atoms with Crippen molar-refractivity contribution in [2.45, 2.75) is 58.5 Å². The summed E-state index contributed by atoms with van der Waals surface area (Å²) < 4.78 is 32.9. The fraction of sp³-hybridized carbons (Fsp3) is 0.361. The summed E-state index contributed by atoms with van der Waals surface area (Å²) in [5.74, 6) is -7.35. The first-order valence-corrected chi connectivity index (χ1v) is 15.8. The molecule has 14 heteroatoms. The first-order valence-electron chi connectivity index (χ1n) is 15.8. The molecule has 0 bridgehead atoms. The van der Waals surface area contributed by atoms with Crippen LogP contribution in [0.2, 0.25) is 0 Å². The first-order chi connectivity index (χ1) is 23.9. The lowest BCUT2D eigenvalue weighted by molar-refractivity contribution is -0.176. The van der Waals surface area contributed by atoms with E-state index in [9.17, 15) is 28.8 Å². The number of carbonyl (C=O) groups excluding carboxylic acids is 6. The van der Waals surface area contributed by atoms with Crippen LogP contribution in [0.25, 0.3) is 0 Å². The van der Waals surface area contributed by atoms with E-state index in [-0.39, 0.29) is 12.2 Å². The number of amides is 1. The second-order valence-electron chi connectivity index (χ2n) is 11.7. The Hall–Kier alpha value is -5.79. The lowest BCUT2D eigenvalue weighted by Gasteiger charge is -2.29. The van der Waals surface area contributed by atoms with Gasteiger partial charge >= 0.3 is 29.8 Å². The number of methoxy groups -OCH3 is 1. The van der Waals surface area contributed by atoms with E-state index in [1.165, 1.54) is 26.3 Å². The molecule has 0 saturated carbocycles. The molecule has 4 rings (SSSR count). The summed E-state index contributed by atoms with van der Waals surface area (Å²) in [4.78, 5) is 82.5. The molecule has 3 aromatic rings. The number of rotatable bonds is 11. The monoisotopic (exact) mass is 690 g/mol. The zero-order valence-corrected chi connectivity index (χ0v) is 28.2. The van der Waals surface area contributed by atoms with E-state index in [2.05, 4.69) is 10.3 Å². The minimum atomic E-state index is -1.56. The van der Waals surface area contributed by atoms with Crippen molar-refractivity contribution in [1.82, 2.24) is 10.3 Å². The van der Waals surface area contributed by atoms with Crippen molar-refractivity contribution in [2.24, 2.45) is 11.8 Å². The highest BCUT2D eigenvalue weighted by atomic mass is 16.6. The number of benzene rings is 2. The summed E-state index contributed by atoms with van der Waals surface area (Å²) in [5.41, 5.74) is 0.566. The molecule has 1 amide bonds. The molecule has 1 fully saturated rings. The normalized spacial score (nSPS) is 19.7. The van der Waals surface area contributed by atoms with Crippen molar-refractivity contribution in [3.63, 3.8) is 0 Å². The topological polar surface area (TPSA) is 183 Å². The number of cyclic esters (lactones) is 2. The number of hydrogen-bond donors (Lipinski definition) is 1. The Balaban J connectivity index is 1.61. The van der Waals surface area contributed by atoms with Gasteiger partial charge < -0.3 is 33.7 Å². The number of nitrogens with zero attached hydrogens (tertiary/aromatic N) is 1. The maximum absolute atomic E-state index is 13.7. The molecule has 2 heterocycles. The second-order valence-corrected chi connectivity index (χ2v) is 11.7. The zero-order chi connectivity index (χ0) is 36.4. The van der Waals surface area contributed by atoms with Crippen LogP contribution in [0.3, 0.4) is 0 Å². The third-order valence-electron chi connectivity index (χ3n) is 7.57. The van der Waals surface area contributed by atoms with Gasteiger partial charge in [-0.2, -0.15) is 0 Å². The van der Waals surface area contributed by atoms with E-state index >= 15 is 0 Å². The van der Waals surface area contributed by atoms with E-state index < -0.39 is 90.0 Å². The van der Waals surface area contributed by atoms with E-state index in [0.717, 1.165) is 12.5 Å². The summed E-state index contributed by atoms with van der Waals surface area (Å²) in [7, 11) is 1.26. The third kappa shape index (κ3) is 9.43. The van der Waals surface area contributed by atoms with Gasteiger partial charge in [0.05, 0.1) is 13.0 Å². The Morgan fingerprint density at radius 1 is 0.940 bits per heavy atom. The summed E-state index contributed by atoms with van der Waals surface area (Å²) in [6.45, 7) is 5.20. The van der Waals surface area contributed by atoms with Crippen LogP contribution in [0.5, 0.6) is 11.5 Å². The van der Waals surface area contributed by atoms with Crippen LogP contribution < -0.4 is 14.8 Å². The SMILES string of the molecule is COc1ccnc(C(=O)N[C@H]2COC(=O)[C@H](Cc3ccccc3)[C@@H](OC(=O)C(C)C)[C@H](C)OC2=O)c1OC(=O)C(OC(C)=O)c1ccccc1. The zero-order valence-electron chi connectivity index (χ0n) is 28.2. The van der Waals surface area contributed by atoms with Gasteiger partial charge in [-0.1, -0.05) is 74.5 Å². The number of nitrogens with one attached hydrogen (secondary N) is 1. The lowest BCUT2D eigenvalue weighted by Crippen LogP contribution is -2.47. The van der Waals surface area contributed by atoms with Crippen molar-refractivity contribution < 1.29 is 57.2 Å². The number of pyridine rings is 1. The quantitative estimate of drug-likeness (QED) is 0.229. The van der Waals surface area contributed by atoms with Gasteiger partial charge in [-0.3, -0.25) is 19.2 Å². The summed E-state index contributed by atoms with van der Waals surface area (Å²) >= 11 is 0. The van der Waals surface area contributed by atoms with Crippen LogP contribution in [0.4, 0.5) is 0 Å². The van der Waals surface area contributed by atoms with Crippen molar-refractivity contribution in [3.05, 3.63) is 89.7 Å². The lowest BCUT2D eigenvalue weighted by atomic mass is 9.91. The number of esters is 5. The van der Waals surface area contributed by atoms with Crippen LogP contribution in [0.1, 0.15) is 55.4 Å². The van der Waals surface area contributed by atoms with Gasteiger partial charge in [-0.15, -0.1) is 0 Å². The highest BCUT2D eigenvalue weighted by Gasteiger charge is 2.42. The number of carbonyl (C=O) groups is 6. The minimum absolute atomic E-state index is 0.0798. The predicted molar refractivity (Wildman–Crippen MR) is 173 cm³/mol. The molecule has 0 radical (unpaired) electrons. The molecule has 5 atom stereocenters. The molecule has 50 heavy (non-hydrogen) atoms. The minimum Gasteiger partial charge on any atom is -0.493 e. The summed E-state index contributed by atoms with van der Waals surface area (Å²) in [6, 6.07) is 16.8. The van der Waals surface area contributed by atoms with Gasteiger partial charge in [0.2, 0.25) is 11.9 Å². The van der Waals surface area contributed by atoms with Gasteiger partial charge in [0.15, 0.2) is 23.6 Å². The van der Waals surface area contributed by atoms with Crippen molar-refractivity contribution in [1.29, 1.82) is 0 Å². The molecule has 1 aliphatic rings. The van der Waals surface area contributed by atoms with Crippen molar-refractivity contribution >= 4 is 35.8 Å². The van der Waals surface area contributed by atoms with Crippen LogP contribution in [-0.4, -0.2) is 72.7 Å². The number of aromatic nitrogens is 1. The molecule has 14 nitrogen and oxygen atoms in total. The number of ether oxygens (including phenoxy) is 6. The molecule has 0 spiro atoms. The molecule has 2 aromatic carbocycles. The Morgan fingerprint density at radius 3 is 2.22 bits per heavy atom. The Morgan fingerprint density at radius 2 is 1.60 bits per heavy atom. The van der Waals surface area contributed by atoms with E-state index in [0.29, 0.717) is 5.56 Å². The van der Waals surface area contributed by atoms with Crippen molar-refractivity contribution in [2.75, 3.05) is 13.7 Å². The van der Waals surface area contributed by atoms with Crippen LogP contribution in [-0.2, 0) is 49.3 Å². The summed E-state index contributed by atoms with van der Waals surface area (Å²) in [5, 5.41) is 2.42. The molecular formula is C36H38N2O12. The van der Waals surface area contributed by atoms with Crippen LogP contribution in [0, 0.1) is 11.8 Å². The molecule has 1 saturated heterocycles. The highest BCUT2D eigenvalue weighted by Crippen LogP contribution is 2.32. The maximum atomic E-state index is 13.7. The predicted octanol–water partition coefficient (Wildman–Crippen LogP) is 3.31. The molecule has 0 aliphatic carbocycles. The molecule has 1 unspecified atom stereocenters. The molecular weight excluding hydrogens is 652 g/mol. The largest absolute Gasteiger partial charge is 0.493 e. The smallest absolute Gasteiger partial charge is 0.357 e. The summed E-state index contributed by atoms with van der Waals surface area (Å²) in [6.07, 6.45) is -2.53. The highest BCUT2D eigenvalue weighted by molar-refractivity contribution is 5.99. The molecule has 1 N–H and O–H groups in total. The molecule has 264 valence electrons. The van der Waals surface area contributed by atoms with Crippen molar-refractivity contribution in [3.8, 4) is 11.5 Å². The Bertz CT molecular complexity index is 1700. The average Bonchev–Trinajstić information content (AvgIpc) is 3.13. The Labute approximate surface area is 288 Å². The standard InChI is InChI=1S/C36H38N2O12/c1-20(2)33(41)49-29-21(3)47-35(43)26(19-46-34(42)25(29)18-23-12-8-6-9-13-23)38-32(40)28-31(27(45-5)16-17-37-28)50-36(44)30(48-22(4)39)24-14-10-7-11-15-24/h6-17,20-21,25-26,29-30H,18-19H2,1-5H3,(H,38,40)/t21-,25+,26-,29-,30?/m0/s1. The first kappa shape index (κ1) is 37.0. The van der Waals surface area contributed by atoms with E-state index in [1.54, 1.807) is 68.4 Å². The van der Waals surface area contributed by atoms with E-state index in [1.807, 2.05) is 6.07 Å². The molecule has 1 aromatic heterocycles. The van der Waals surface area contributed by atoms with Gasteiger partial charge in [0, 0.05) is 24.8 Å². The fourth-order valence-corrected chi connectivity index (χ4v) is 5.03. The number of hydrogen-bond acceptors (Lipinski definition) is 13. The average molecular weight is 691 g/mol. The fourth-order valence-electron chi connectivity index (χ4n) is 5.03. The van der Waals surface area contributed by atoms with Gasteiger partial charge in [-0.05, 0) is 18.9 Å². The third-order valence-corrected chi connectivity index (χ3v) is 7.57. The maximum Gasteiger partial charge on any atom is 0.357 e. The molecule has 1 aliphatic heterocycles. The van der Waals surface area contributed by atoms with Crippen LogP contribution in [0.15, 0.2) is 72.9 Å². The van der Waals surface area contributed by atoms with Gasteiger partial charge in [0.1, 0.15) is 18.6 Å². The second kappa shape index (κ2) is 17.0. The van der Waals surface area contributed by atoms with Gasteiger partial charge in [0.25, 0.3) is 5.91 Å². The van der Waals surface area contributed by atoms with E-state index in [4.69, 9.17) is 28.4 Å². The van der Waals surface area contributed by atoms with Gasteiger partial charge in [-0.25, -0.2) is 14.6 Å². The Kier molecular flexibility index (Phi) is 12.6.